The van der Waals surface area contributed by atoms with Gasteiger partial charge in [0.2, 0.25) is 0 Å². The van der Waals surface area contributed by atoms with Crippen LogP contribution in [0.2, 0.25) is 0 Å². The van der Waals surface area contributed by atoms with Crippen molar-refractivity contribution in [1.82, 2.24) is 9.80 Å². The van der Waals surface area contributed by atoms with Crippen LogP contribution in [-0.4, -0.2) is 47.4 Å². The number of hydrogen-bond donors (Lipinski definition) is 0. The van der Waals surface area contributed by atoms with Gasteiger partial charge in [0, 0.05) is 24.0 Å². The Morgan fingerprint density at radius 2 is 2.00 bits per heavy atom. The monoisotopic (exact) mass is 312 g/mol. The van der Waals surface area contributed by atoms with Crippen LogP contribution < -0.4 is 0 Å². The molecule has 122 valence electrons. The zero-order valence-electron chi connectivity index (χ0n) is 13.9. The molecule has 1 aromatic heterocycles. The molecule has 0 unspecified atom stereocenters. The van der Waals surface area contributed by atoms with Gasteiger partial charge in [0.15, 0.2) is 5.76 Å². The van der Waals surface area contributed by atoms with Crippen molar-refractivity contribution >= 4 is 16.9 Å². The molecular formula is C19H24N2O2. The van der Waals surface area contributed by atoms with E-state index in [9.17, 15) is 4.79 Å². The van der Waals surface area contributed by atoms with E-state index in [1.165, 1.54) is 25.9 Å². The number of benzene rings is 1. The van der Waals surface area contributed by atoms with Gasteiger partial charge >= 0.3 is 0 Å². The highest BCUT2D eigenvalue weighted by molar-refractivity contribution is 5.96. The van der Waals surface area contributed by atoms with Crippen molar-refractivity contribution in [3.8, 4) is 0 Å². The lowest BCUT2D eigenvalue weighted by Crippen LogP contribution is -2.60. The SMILES string of the molecule is CC(C)N(C(=O)c1cc2ccccc2o1)[C@H]1CN2CCC1CC2. The number of fused-ring (bicyclic) bond motifs is 4. The van der Waals surface area contributed by atoms with Gasteiger partial charge in [-0.2, -0.15) is 0 Å². The van der Waals surface area contributed by atoms with E-state index in [0.29, 0.717) is 17.7 Å². The van der Waals surface area contributed by atoms with Crippen LogP contribution in [0.15, 0.2) is 34.7 Å². The first-order valence-corrected chi connectivity index (χ1v) is 8.67. The topological polar surface area (TPSA) is 36.7 Å². The fourth-order valence-corrected chi connectivity index (χ4v) is 4.23. The number of rotatable bonds is 3. The highest BCUT2D eigenvalue weighted by Gasteiger charge is 2.41. The van der Waals surface area contributed by atoms with Crippen LogP contribution in [-0.2, 0) is 0 Å². The minimum Gasteiger partial charge on any atom is -0.451 e. The fourth-order valence-electron chi connectivity index (χ4n) is 4.23. The van der Waals surface area contributed by atoms with Gasteiger partial charge in [0.05, 0.1) is 0 Å². The Kier molecular flexibility index (Phi) is 3.64. The number of furan rings is 1. The van der Waals surface area contributed by atoms with Crippen LogP contribution in [0.3, 0.4) is 0 Å². The Morgan fingerprint density at radius 3 is 2.61 bits per heavy atom. The molecule has 2 bridgehead atoms. The number of hydrogen-bond acceptors (Lipinski definition) is 3. The predicted octanol–water partition coefficient (Wildman–Crippen LogP) is 3.38. The first-order chi connectivity index (χ1) is 11.1. The van der Waals surface area contributed by atoms with E-state index in [4.69, 9.17) is 4.42 Å². The van der Waals surface area contributed by atoms with Gasteiger partial charge in [-0.25, -0.2) is 0 Å². The maximum atomic E-state index is 13.1. The molecule has 1 aromatic carbocycles. The third-order valence-corrected chi connectivity index (χ3v) is 5.41. The summed E-state index contributed by atoms with van der Waals surface area (Å²) < 4.78 is 5.83. The van der Waals surface area contributed by atoms with Crippen LogP contribution in [0.4, 0.5) is 0 Å². The average molecular weight is 312 g/mol. The smallest absolute Gasteiger partial charge is 0.290 e. The van der Waals surface area contributed by atoms with Gasteiger partial charge in [-0.05, 0) is 57.8 Å². The van der Waals surface area contributed by atoms with Gasteiger partial charge < -0.3 is 14.2 Å². The second-order valence-electron chi connectivity index (χ2n) is 7.16. The molecule has 4 heterocycles. The summed E-state index contributed by atoms with van der Waals surface area (Å²) in [6.45, 7) is 7.60. The molecule has 5 rings (SSSR count). The molecule has 4 heteroatoms. The molecule has 3 fully saturated rings. The van der Waals surface area contributed by atoms with Gasteiger partial charge in [0.1, 0.15) is 5.58 Å². The van der Waals surface area contributed by atoms with Crippen molar-refractivity contribution in [2.24, 2.45) is 5.92 Å². The van der Waals surface area contributed by atoms with Crippen LogP contribution in [0.5, 0.6) is 0 Å². The van der Waals surface area contributed by atoms with E-state index in [0.717, 1.165) is 17.5 Å². The number of para-hydroxylation sites is 1. The zero-order chi connectivity index (χ0) is 16.0. The molecular weight excluding hydrogens is 288 g/mol. The highest BCUT2D eigenvalue weighted by Crippen LogP contribution is 2.33. The fraction of sp³-hybridized carbons (Fsp3) is 0.526. The van der Waals surface area contributed by atoms with E-state index in [1.807, 2.05) is 30.3 Å². The Morgan fingerprint density at radius 1 is 1.26 bits per heavy atom. The van der Waals surface area contributed by atoms with Gasteiger partial charge in [-0.15, -0.1) is 0 Å². The Bertz CT molecular complexity index is 680. The quantitative estimate of drug-likeness (QED) is 0.872. The summed E-state index contributed by atoms with van der Waals surface area (Å²) in [5, 5.41) is 0.994. The minimum absolute atomic E-state index is 0.0370. The van der Waals surface area contributed by atoms with E-state index >= 15 is 0 Å². The molecule has 0 radical (unpaired) electrons. The van der Waals surface area contributed by atoms with E-state index in [2.05, 4.69) is 23.6 Å². The van der Waals surface area contributed by atoms with Crippen molar-refractivity contribution in [3.63, 3.8) is 0 Å². The largest absolute Gasteiger partial charge is 0.451 e. The van der Waals surface area contributed by atoms with Crippen LogP contribution in [0.25, 0.3) is 11.0 Å². The molecule has 2 aromatic rings. The molecule has 23 heavy (non-hydrogen) atoms. The number of carbonyl (C=O) groups is 1. The van der Waals surface area contributed by atoms with Gasteiger partial charge in [-0.1, -0.05) is 18.2 Å². The Balaban J connectivity index is 1.65. The first-order valence-electron chi connectivity index (χ1n) is 8.67. The number of piperidine rings is 3. The second kappa shape index (κ2) is 5.68. The molecule has 3 saturated heterocycles. The minimum atomic E-state index is 0.0370. The maximum absolute atomic E-state index is 13.1. The summed E-state index contributed by atoms with van der Waals surface area (Å²) in [6.07, 6.45) is 2.42. The predicted molar refractivity (Wildman–Crippen MR) is 90.5 cm³/mol. The van der Waals surface area contributed by atoms with E-state index in [-0.39, 0.29) is 11.9 Å². The molecule has 3 aliphatic heterocycles. The van der Waals surface area contributed by atoms with E-state index < -0.39 is 0 Å². The molecule has 0 saturated carbocycles. The molecule has 3 aliphatic rings. The lowest BCUT2D eigenvalue weighted by Gasteiger charge is -2.50. The van der Waals surface area contributed by atoms with Crippen LogP contribution >= 0.6 is 0 Å². The highest BCUT2D eigenvalue weighted by atomic mass is 16.3. The van der Waals surface area contributed by atoms with E-state index in [1.54, 1.807) is 0 Å². The first kappa shape index (κ1) is 14.8. The van der Waals surface area contributed by atoms with Crippen molar-refractivity contribution in [1.29, 1.82) is 0 Å². The molecule has 1 amide bonds. The summed E-state index contributed by atoms with van der Waals surface area (Å²) >= 11 is 0. The Hall–Kier alpha value is -1.81. The summed E-state index contributed by atoms with van der Waals surface area (Å²) in [5.41, 5.74) is 0.786. The maximum Gasteiger partial charge on any atom is 0.290 e. The third kappa shape index (κ3) is 2.55. The van der Waals surface area contributed by atoms with Crippen molar-refractivity contribution < 1.29 is 9.21 Å². The summed E-state index contributed by atoms with van der Waals surface area (Å²) in [5.74, 6) is 1.14. The molecule has 0 N–H and O–H groups in total. The summed E-state index contributed by atoms with van der Waals surface area (Å²) in [6, 6.07) is 10.2. The van der Waals surface area contributed by atoms with Crippen LogP contribution in [0.1, 0.15) is 37.2 Å². The van der Waals surface area contributed by atoms with Gasteiger partial charge in [-0.3, -0.25) is 4.79 Å². The lowest BCUT2D eigenvalue weighted by atomic mass is 9.82. The third-order valence-electron chi connectivity index (χ3n) is 5.41. The van der Waals surface area contributed by atoms with Crippen LogP contribution in [0, 0.1) is 5.92 Å². The second-order valence-corrected chi connectivity index (χ2v) is 7.16. The molecule has 1 atom stereocenters. The molecule has 0 aliphatic carbocycles. The summed E-state index contributed by atoms with van der Waals surface area (Å²) in [7, 11) is 0. The normalized spacial score (nSPS) is 26.8. The lowest BCUT2D eigenvalue weighted by molar-refractivity contribution is -0.00395. The van der Waals surface area contributed by atoms with Crippen molar-refractivity contribution in [2.75, 3.05) is 19.6 Å². The van der Waals surface area contributed by atoms with Gasteiger partial charge in [0.25, 0.3) is 5.91 Å². The number of amides is 1. The number of nitrogens with zero attached hydrogens (tertiary/aromatic N) is 2. The van der Waals surface area contributed by atoms with Crippen molar-refractivity contribution in [3.05, 3.63) is 36.1 Å². The Labute approximate surface area is 137 Å². The molecule has 4 nitrogen and oxygen atoms in total. The molecule has 0 spiro atoms. The van der Waals surface area contributed by atoms with Crippen molar-refractivity contribution in [2.45, 2.75) is 38.8 Å². The number of carbonyl (C=O) groups excluding carboxylic acids is 1. The standard InChI is InChI=1S/C19H24N2O2/c1-13(2)21(16-12-20-9-7-14(16)8-10-20)19(22)18-11-15-5-3-4-6-17(15)23-18/h3-6,11,13-14,16H,7-10,12H2,1-2H3/t16-/m0/s1. The zero-order valence-corrected chi connectivity index (χ0v) is 13.9. The average Bonchev–Trinajstić information content (AvgIpc) is 3.00. The summed E-state index contributed by atoms with van der Waals surface area (Å²) in [4.78, 5) is 17.7.